The molecule has 1 aliphatic rings. The number of ether oxygens (including phenoxy) is 1. The van der Waals surface area contributed by atoms with Crippen molar-refractivity contribution >= 4 is 17.2 Å². The molecule has 0 unspecified atom stereocenters. The van der Waals surface area contributed by atoms with Gasteiger partial charge in [0, 0.05) is 6.20 Å². The van der Waals surface area contributed by atoms with Crippen molar-refractivity contribution in [3.63, 3.8) is 0 Å². The van der Waals surface area contributed by atoms with Crippen LogP contribution in [0.2, 0.25) is 5.02 Å². The molecule has 3 rings (SSSR count). The zero-order chi connectivity index (χ0) is 15.1. The van der Waals surface area contributed by atoms with Crippen LogP contribution in [0.15, 0.2) is 17.1 Å². The van der Waals surface area contributed by atoms with E-state index in [1.165, 1.54) is 10.8 Å². The van der Waals surface area contributed by atoms with E-state index in [4.69, 9.17) is 16.3 Å². The first-order valence-electron chi connectivity index (χ1n) is 7.36. The summed E-state index contributed by atoms with van der Waals surface area (Å²) < 4.78 is 7.41. The molecule has 112 valence electrons. The van der Waals surface area contributed by atoms with Crippen LogP contribution in [0.4, 0.5) is 0 Å². The van der Waals surface area contributed by atoms with Gasteiger partial charge in [-0.3, -0.25) is 9.20 Å². The fourth-order valence-corrected chi connectivity index (χ4v) is 2.70. The number of hydrogen-bond acceptors (Lipinski definition) is 3. The van der Waals surface area contributed by atoms with Crippen molar-refractivity contribution in [3.05, 3.63) is 38.8 Å². The van der Waals surface area contributed by atoms with E-state index < -0.39 is 0 Å². The third kappa shape index (κ3) is 2.53. The maximum absolute atomic E-state index is 12.5. The van der Waals surface area contributed by atoms with Crippen molar-refractivity contribution in [1.82, 2.24) is 9.38 Å². The molecule has 0 bridgehead atoms. The van der Waals surface area contributed by atoms with Gasteiger partial charge in [-0.05, 0) is 43.7 Å². The molecule has 0 saturated heterocycles. The van der Waals surface area contributed by atoms with E-state index in [1.54, 1.807) is 13.1 Å². The highest BCUT2D eigenvalue weighted by molar-refractivity contribution is 6.30. The van der Waals surface area contributed by atoms with E-state index in [2.05, 4.69) is 18.8 Å². The van der Waals surface area contributed by atoms with Gasteiger partial charge in [0.2, 0.25) is 5.88 Å². The predicted octanol–water partition coefficient (Wildman–Crippen LogP) is 3.71. The standard InChI is InChI=1S/C16H19ClN2O2/c1-9(2)13-7-11(17)8-19-14(13)18-15(10(3)16(19)20)21-12-5-4-6-12/h7-9,12H,4-6H2,1-3H3. The van der Waals surface area contributed by atoms with Crippen molar-refractivity contribution in [2.24, 2.45) is 0 Å². The highest BCUT2D eigenvalue weighted by Gasteiger charge is 2.22. The Morgan fingerprint density at radius 3 is 2.71 bits per heavy atom. The summed E-state index contributed by atoms with van der Waals surface area (Å²) in [4.78, 5) is 17.2. The van der Waals surface area contributed by atoms with Crippen LogP contribution in [0.5, 0.6) is 5.88 Å². The van der Waals surface area contributed by atoms with Gasteiger partial charge in [0.1, 0.15) is 11.8 Å². The molecule has 0 radical (unpaired) electrons. The summed E-state index contributed by atoms with van der Waals surface area (Å²) in [5.41, 5.74) is 2.02. The molecule has 4 nitrogen and oxygen atoms in total. The van der Waals surface area contributed by atoms with Crippen molar-refractivity contribution in [1.29, 1.82) is 0 Å². The number of fused-ring (bicyclic) bond motifs is 1. The number of aromatic nitrogens is 2. The van der Waals surface area contributed by atoms with Crippen LogP contribution in [0.3, 0.4) is 0 Å². The maximum atomic E-state index is 12.5. The Kier molecular flexibility index (Phi) is 3.66. The normalized spacial score (nSPS) is 15.5. The molecule has 21 heavy (non-hydrogen) atoms. The Labute approximate surface area is 128 Å². The van der Waals surface area contributed by atoms with E-state index in [0.29, 0.717) is 22.1 Å². The lowest BCUT2D eigenvalue weighted by atomic mass is 9.96. The van der Waals surface area contributed by atoms with E-state index >= 15 is 0 Å². The molecule has 0 spiro atoms. The fraction of sp³-hybridized carbons (Fsp3) is 0.500. The van der Waals surface area contributed by atoms with Gasteiger partial charge in [-0.2, -0.15) is 4.98 Å². The smallest absolute Gasteiger partial charge is 0.264 e. The van der Waals surface area contributed by atoms with E-state index in [-0.39, 0.29) is 17.6 Å². The van der Waals surface area contributed by atoms with Crippen LogP contribution >= 0.6 is 11.6 Å². The van der Waals surface area contributed by atoms with Crippen molar-refractivity contribution < 1.29 is 4.74 Å². The van der Waals surface area contributed by atoms with Crippen LogP contribution in [0.25, 0.3) is 5.65 Å². The molecule has 2 aromatic heterocycles. The zero-order valence-electron chi connectivity index (χ0n) is 12.5. The van der Waals surface area contributed by atoms with Crippen molar-refractivity contribution in [2.45, 2.75) is 52.1 Å². The summed E-state index contributed by atoms with van der Waals surface area (Å²) in [6, 6.07) is 1.87. The average Bonchev–Trinajstić information content (AvgIpc) is 2.39. The fourth-order valence-electron chi connectivity index (χ4n) is 2.49. The minimum atomic E-state index is -0.112. The first kappa shape index (κ1) is 14.4. The molecule has 0 atom stereocenters. The molecule has 1 saturated carbocycles. The van der Waals surface area contributed by atoms with Crippen LogP contribution < -0.4 is 10.3 Å². The molecular weight excluding hydrogens is 288 g/mol. The Hall–Kier alpha value is -1.55. The average molecular weight is 307 g/mol. The van der Waals surface area contributed by atoms with Gasteiger partial charge in [-0.25, -0.2) is 0 Å². The second kappa shape index (κ2) is 5.34. The minimum Gasteiger partial charge on any atom is -0.474 e. The number of hydrogen-bond donors (Lipinski definition) is 0. The van der Waals surface area contributed by atoms with Gasteiger partial charge < -0.3 is 4.74 Å². The van der Waals surface area contributed by atoms with Gasteiger partial charge >= 0.3 is 0 Å². The van der Waals surface area contributed by atoms with Crippen molar-refractivity contribution in [3.8, 4) is 5.88 Å². The first-order chi connectivity index (χ1) is 9.97. The van der Waals surface area contributed by atoms with Crippen molar-refractivity contribution in [2.75, 3.05) is 0 Å². The summed E-state index contributed by atoms with van der Waals surface area (Å²) in [5.74, 6) is 0.693. The quantitative estimate of drug-likeness (QED) is 0.868. The largest absolute Gasteiger partial charge is 0.474 e. The molecule has 0 amide bonds. The SMILES string of the molecule is Cc1c(OC2CCC2)nc2c(C(C)C)cc(Cl)cn2c1=O. The van der Waals surface area contributed by atoms with Crippen LogP contribution in [-0.2, 0) is 0 Å². The lowest BCUT2D eigenvalue weighted by Gasteiger charge is -2.26. The van der Waals surface area contributed by atoms with E-state index in [1.807, 2.05) is 6.07 Å². The Bertz CT molecular complexity index is 748. The second-order valence-corrected chi connectivity index (χ2v) is 6.42. The molecule has 5 heteroatoms. The van der Waals surface area contributed by atoms with Gasteiger partial charge in [-0.1, -0.05) is 25.4 Å². The van der Waals surface area contributed by atoms with Crippen LogP contribution in [0, 0.1) is 6.92 Å². The summed E-state index contributed by atoms with van der Waals surface area (Å²) in [6.45, 7) is 5.87. The summed E-state index contributed by atoms with van der Waals surface area (Å²) in [7, 11) is 0. The minimum absolute atomic E-state index is 0.112. The number of rotatable bonds is 3. The van der Waals surface area contributed by atoms with Crippen LogP contribution in [-0.4, -0.2) is 15.5 Å². The highest BCUT2D eigenvalue weighted by Crippen LogP contribution is 2.28. The monoisotopic (exact) mass is 306 g/mol. The van der Waals surface area contributed by atoms with E-state index in [0.717, 1.165) is 18.4 Å². The molecule has 1 aliphatic carbocycles. The van der Waals surface area contributed by atoms with Gasteiger partial charge in [0.05, 0.1) is 10.6 Å². The number of nitrogens with zero attached hydrogens (tertiary/aromatic N) is 2. The van der Waals surface area contributed by atoms with E-state index in [9.17, 15) is 4.79 Å². The van der Waals surface area contributed by atoms with Gasteiger partial charge in [0.15, 0.2) is 0 Å². The molecule has 0 aliphatic heterocycles. The Balaban J connectivity index is 2.22. The molecule has 0 N–H and O–H groups in total. The van der Waals surface area contributed by atoms with Crippen LogP contribution in [0.1, 0.15) is 50.2 Å². The summed E-state index contributed by atoms with van der Waals surface area (Å²) in [5, 5.41) is 0.544. The Morgan fingerprint density at radius 1 is 1.43 bits per heavy atom. The highest BCUT2D eigenvalue weighted by atomic mass is 35.5. The lowest BCUT2D eigenvalue weighted by Crippen LogP contribution is -2.28. The van der Waals surface area contributed by atoms with Gasteiger partial charge in [0.25, 0.3) is 5.56 Å². The predicted molar refractivity (Wildman–Crippen MR) is 83.6 cm³/mol. The van der Waals surface area contributed by atoms with Gasteiger partial charge in [-0.15, -0.1) is 0 Å². The second-order valence-electron chi connectivity index (χ2n) is 5.98. The third-order valence-corrected chi connectivity index (χ3v) is 4.26. The molecule has 2 aromatic rings. The summed E-state index contributed by atoms with van der Waals surface area (Å²) in [6.07, 6.45) is 5.09. The zero-order valence-corrected chi connectivity index (χ0v) is 13.3. The summed E-state index contributed by atoms with van der Waals surface area (Å²) >= 11 is 6.13. The molecule has 2 heterocycles. The number of pyridine rings is 1. The molecular formula is C16H19ClN2O2. The first-order valence-corrected chi connectivity index (χ1v) is 7.74. The molecule has 0 aromatic carbocycles. The topological polar surface area (TPSA) is 43.6 Å². The lowest BCUT2D eigenvalue weighted by molar-refractivity contribution is 0.113. The Morgan fingerprint density at radius 2 is 2.14 bits per heavy atom. The third-order valence-electron chi connectivity index (χ3n) is 4.05. The maximum Gasteiger partial charge on any atom is 0.264 e. The number of halogens is 1. The molecule has 1 fully saturated rings.